The van der Waals surface area contributed by atoms with Crippen LogP contribution in [0.25, 0.3) is 0 Å². The van der Waals surface area contributed by atoms with Crippen LogP contribution in [-0.2, 0) is 6.54 Å². The van der Waals surface area contributed by atoms with Crippen molar-refractivity contribution in [2.45, 2.75) is 6.54 Å². The molecule has 0 atom stereocenters. The summed E-state index contributed by atoms with van der Waals surface area (Å²) in [6, 6.07) is 11.5. The Hall–Kier alpha value is -0.220. The van der Waals surface area contributed by atoms with Gasteiger partial charge in [-0.05, 0) is 67.8 Å². The lowest BCUT2D eigenvalue weighted by Crippen LogP contribution is -1.99. The molecular formula is C13H9Br2Cl2N. The number of rotatable bonds is 3. The summed E-state index contributed by atoms with van der Waals surface area (Å²) in [4.78, 5) is 0. The lowest BCUT2D eigenvalue weighted by atomic mass is 10.2. The highest BCUT2D eigenvalue weighted by Crippen LogP contribution is 2.27. The molecule has 0 saturated carbocycles. The van der Waals surface area contributed by atoms with Gasteiger partial charge in [0.25, 0.3) is 0 Å². The van der Waals surface area contributed by atoms with Crippen LogP contribution in [0.5, 0.6) is 0 Å². The van der Waals surface area contributed by atoms with Gasteiger partial charge in [-0.3, -0.25) is 0 Å². The molecule has 0 amide bonds. The summed E-state index contributed by atoms with van der Waals surface area (Å²) in [5, 5.41) is 4.74. The predicted octanol–water partition coefficient (Wildman–Crippen LogP) is 6.13. The number of hydrogen-bond acceptors (Lipinski definition) is 1. The Morgan fingerprint density at radius 3 is 2.39 bits per heavy atom. The van der Waals surface area contributed by atoms with Crippen LogP contribution in [-0.4, -0.2) is 0 Å². The van der Waals surface area contributed by atoms with Crippen molar-refractivity contribution in [3.63, 3.8) is 0 Å². The predicted molar refractivity (Wildman–Crippen MR) is 85.6 cm³/mol. The Morgan fingerprint density at radius 2 is 1.72 bits per heavy atom. The van der Waals surface area contributed by atoms with Gasteiger partial charge in [0.1, 0.15) is 0 Å². The fourth-order valence-electron chi connectivity index (χ4n) is 1.48. The van der Waals surface area contributed by atoms with Crippen molar-refractivity contribution in [2.75, 3.05) is 5.32 Å². The third-order valence-corrected chi connectivity index (χ3v) is 4.52. The van der Waals surface area contributed by atoms with Crippen LogP contribution in [0.3, 0.4) is 0 Å². The van der Waals surface area contributed by atoms with E-state index in [0.717, 1.165) is 20.2 Å². The number of benzene rings is 2. The van der Waals surface area contributed by atoms with E-state index in [4.69, 9.17) is 23.2 Å². The number of halogens is 4. The summed E-state index contributed by atoms with van der Waals surface area (Å²) in [6.45, 7) is 0.702. The fraction of sp³-hybridized carbons (Fsp3) is 0.0769. The van der Waals surface area contributed by atoms with E-state index >= 15 is 0 Å². The Kier molecular flexibility index (Phi) is 4.96. The molecule has 0 heterocycles. The van der Waals surface area contributed by atoms with Crippen LogP contribution < -0.4 is 5.32 Å². The maximum atomic E-state index is 6.05. The fourth-order valence-corrected chi connectivity index (χ4v) is 2.75. The minimum atomic E-state index is 0.702. The van der Waals surface area contributed by atoms with E-state index in [-0.39, 0.29) is 0 Å². The van der Waals surface area contributed by atoms with E-state index in [1.54, 1.807) is 0 Å². The highest BCUT2D eigenvalue weighted by atomic mass is 79.9. The quantitative estimate of drug-likeness (QED) is 0.642. The first-order valence-corrected chi connectivity index (χ1v) is 7.53. The van der Waals surface area contributed by atoms with Gasteiger partial charge in [0.15, 0.2) is 0 Å². The summed E-state index contributed by atoms with van der Waals surface area (Å²) >= 11 is 18.8. The maximum absolute atomic E-state index is 6.05. The zero-order chi connectivity index (χ0) is 13.1. The van der Waals surface area contributed by atoms with Crippen LogP contribution in [0, 0.1) is 0 Å². The first-order valence-electron chi connectivity index (χ1n) is 5.19. The molecule has 2 aromatic rings. The maximum Gasteiger partial charge on any atom is 0.0551 e. The molecule has 0 aliphatic carbocycles. The lowest BCUT2D eigenvalue weighted by molar-refractivity contribution is 1.14. The molecule has 1 N–H and O–H groups in total. The molecule has 0 aromatic heterocycles. The van der Waals surface area contributed by atoms with E-state index in [0.29, 0.717) is 16.6 Å². The summed E-state index contributed by atoms with van der Waals surface area (Å²) in [6.07, 6.45) is 0. The molecule has 94 valence electrons. The van der Waals surface area contributed by atoms with Gasteiger partial charge in [-0.1, -0.05) is 29.3 Å². The third-order valence-electron chi connectivity index (χ3n) is 2.40. The molecule has 1 nitrogen and oxygen atoms in total. The first kappa shape index (κ1) is 14.2. The van der Waals surface area contributed by atoms with Gasteiger partial charge in [0.05, 0.1) is 5.02 Å². The molecule has 18 heavy (non-hydrogen) atoms. The Morgan fingerprint density at radius 1 is 0.944 bits per heavy atom. The zero-order valence-corrected chi connectivity index (χ0v) is 13.9. The SMILES string of the molecule is Clc1ccc(NCc2ccc(Br)c(Cl)c2)c(Br)c1. The van der Waals surface area contributed by atoms with Crippen molar-refractivity contribution < 1.29 is 0 Å². The van der Waals surface area contributed by atoms with Crippen molar-refractivity contribution in [3.8, 4) is 0 Å². The normalized spacial score (nSPS) is 10.4. The topological polar surface area (TPSA) is 12.0 Å². The van der Waals surface area contributed by atoms with Crippen LogP contribution >= 0.6 is 55.1 Å². The van der Waals surface area contributed by atoms with Gasteiger partial charge in [-0.25, -0.2) is 0 Å². The highest BCUT2D eigenvalue weighted by molar-refractivity contribution is 9.11. The molecule has 0 spiro atoms. The molecular weight excluding hydrogens is 401 g/mol. The molecule has 0 aliphatic heterocycles. The van der Waals surface area contributed by atoms with Gasteiger partial charge >= 0.3 is 0 Å². The van der Waals surface area contributed by atoms with Crippen LogP contribution in [0.2, 0.25) is 10.0 Å². The molecule has 0 saturated heterocycles. The highest BCUT2D eigenvalue weighted by Gasteiger charge is 2.02. The van der Waals surface area contributed by atoms with E-state index < -0.39 is 0 Å². The van der Waals surface area contributed by atoms with Crippen molar-refractivity contribution in [1.29, 1.82) is 0 Å². The van der Waals surface area contributed by atoms with E-state index in [2.05, 4.69) is 37.2 Å². The van der Waals surface area contributed by atoms with Gasteiger partial charge in [-0.2, -0.15) is 0 Å². The summed E-state index contributed by atoms with van der Waals surface area (Å²) in [5.41, 5.74) is 2.11. The summed E-state index contributed by atoms with van der Waals surface area (Å²) in [5.74, 6) is 0. The number of hydrogen-bond donors (Lipinski definition) is 1. The first-order chi connectivity index (χ1) is 8.56. The smallest absolute Gasteiger partial charge is 0.0551 e. The van der Waals surface area contributed by atoms with Gasteiger partial charge in [0, 0.05) is 26.2 Å². The van der Waals surface area contributed by atoms with Crippen molar-refractivity contribution in [2.24, 2.45) is 0 Å². The summed E-state index contributed by atoms with van der Waals surface area (Å²) in [7, 11) is 0. The molecule has 0 unspecified atom stereocenters. The van der Waals surface area contributed by atoms with Gasteiger partial charge in [-0.15, -0.1) is 0 Å². The molecule has 0 bridgehead atoms. The standard InChI is InChI=1S/C13H9Br2Cl2N/c14-10-3-1-8(5-12(10)17)7-18-13-4-2-9(16)6-11(13)15/h1-6,18H,7H2. The Labute approximate surface area is 133 Å². The van der Waals surface area contributed by atoms with Gasteiger partial charge in [0.2, 0.25) is 0 Å². The monoisotopic (exact) mass is 407 g/mol. The Bertz CT molecular complexity index is 573. The lowest BCUT2D eigenvalue weighted by Gasteiger charge is -2.09. The van der Waals surface area contributed by atoms with Crippen molar-refractivity contribution >= 4 is 60.7 Å². The average Bonchev–Trinajstić information content (AvgIpc) is 2.32. The second-order valence-electron chi connectivity index (χ2n) is 3.73. The molecule has 0 aliphatic rings. The van der Waals surface area contributed by atoms with Crippen LogP contribution in [0.15, 0.2) is 45.3 Å². The molecule has 0 fully saturated rings. The summed E-state index contributed by atoms with van der Waals surface area (Å²) < 4.78 is 1.85. The largest absolute Gasteiger partial charge is 0.380 e. The number of anilines is 1. The van der Waals surface area contributed by atoms with Gasteiger partial charge < -0.3 is 5.32 Å². The Balaban J connectivity index is 2.09. The van der Waals surface area contributed by atoms with Crippen LogP contribution in [0.1, 0.15) is 5.56 Å². The third kappa shape index (κ3) is 3.64. The molecule has 2 aromatic carbocycles. The molecule has 2 rings (SSSR count). The zero-order valence-electron chi connectivity index (χ0n) is 9.18. The second-order valence-corrected chi connectivity index (χ2v) is 6.28. The number of nitrogens with one attached hydrogen (secondary N) is 1. The minimum absolute atomic E-state index is 0.702. The minimum Gasteiger partial charge on any atom is -0.380 e. The molecule has 0 radical (unpaired) electrons. The van der Waals surface area contributed by atoms with E-state index in [1.807, 2.05) is 36.4 Å². The van der Waals surface area contributed by atoms with Crippen molar-refractivity contribution in [3.05, 3.63) is 61.0 Å². The van der Waals surface area contributed by atoms with Crippen LogP contribution in [0.4, 0.5) is 5.69 Å². The average molecular weight is 410 g/mol. The molecule has 5 heteroatoms. The second kappa shape index (κ2) is 6.29. The van der Waals surface area contributed by atoms with E-state index in [1.165, 1.54) is 0 Å². The van der Waals surface area contributed by atoms with Crippen molar-refractivity contribution in [1.82, 2.24) is 0 Å². The van der Waals surface area contributed by atoms with E-state index in [9.17, 15) is 0 Å².